The molecular weight excluding hydrogens is 416 g/mol. The van der Waals surface area contributed by atoms with Crippen LogP contribution < -0.4 is 5.32 Å². The number of fused-ring (bicyclic) bond motifs is 1. The van der Waals surface area contributed by atoms with Crippen molar-refractivity contribution < 1.29 is 32.6 Å². The molecule has 9 heteroatoms. The highest BCUT2D eigenvalue weighted by molar-refractivity contribution is 7.17. The summed E-state index contributed by atoms with van der Waals surface area (Å²) in [6.45, 7) is 3.36. The van der Waals surface area contributed by atoms with Crippen molar-refractivity contribution in [1.82, 2.24) is 0 Å². The minimum atomic E-state index is -1.03. The highest BCUT2D eigenvalue weighted by Gasteiger charge is 2.29. The number of nitrogens with one attached hydrogen (secondary N) is 1. The molecule has 160 valence electrons. The summed E-state index contributed by atoms with van der Waals surface area (Å²) >= 11 is 1.31. The summed E-state index contributed by atoms with van der Waals surface area (Å²) in [5, 5.41) is 2.96. The molecule has 1 unspecified atom stereocenters. The van der Waals surface area contributed by atoms with E-state index in [4.69, 9.17) is 9.47 Å². The second kappa shape index (κ2) is 9.34. The van der Waals surface area contributed by atoms with Crippen LogP contribution in [0.2, 0.25) is 0 Å². The maximum absolute atomic E-state index is 13.2. The molecule has 30 heavy (non-hydrogen) atoms. The molecule has 1 heterocycles. The summed E-state index contributed by atoms with van der Waals surface area (Å²) in [6, 6.07) is 2.26. The molecule has 0 saturated heterocycles. The van der Waals surface area contributed by atoms with E-state index < -0.39 is 36.1 Å². The lowest BCUT2D eigenvalue weighted by atomic mass is 9.88. The van der Waals surface area contributed by atoms with Gasteiger partial charge in [0, 0.05) is 10.9 Å². The number of carbonyl (C=O) groups is 3. The highest BCUT2D eigenvalue weighted by atomic mass is 32.1. The zero-order valence-corrected chi connectivity index (χ0v) is 17.4. The Bertz CT molecular complexity index is 968. The van der Waals surface area contributed by atoms with Gasteiger partial charge in [0.05, 0.1) is 17.7 Å². The fourth-order valence-electron chi connectivity index (χ4n) is 3.31. The summed E-state index contributed by atoms with van der Waals surface area (Å²) in [7, 11) is 0. The number of esters is 2. The summed E-state index contributed by atoms with van der Waals surface area (Å²) < 4.78 is 36.4. The third-order valence-corrected chi connectivity index (χ3v) is 5.85. The van der Waals surface area contributed by atoms with Crippen molar-refractivity contribution in [3.8, 4) is 0 Å². The lowest BCUT2D eigenvalue weighted by Gasteiger charge is -2.18. The number of ether oxygens (including phenoxy) is 2. The molecule has 3 rings (SSSR count). The Hall–Kier alpha value is -2.81. The van der Waals surface area contributed by atoms with E-state index in [2.05, 4.69) is 12.2 Å². The number of amides is 1. The molecule has 0 bridgehead atoms. The van der Waals surface area contributed by atoms with E-state index >= 15 is 0 Å². The van der Waals surface area contributed by atoms with Gasteiger partial charge in [-0.15, -0.1) is 11.3 Å². The molecule has 1 aliphatic rings. The number of thiophene rings is 1. The summed E-state index contributed by atoms with van der Waals surface area (Å²) in [5.41, 5.74) is 0.891. The van der Waals surface area contributed by atoms with Gasteiger partial charge in [-0.3, -0.25) is 4.79 Å². The van der Waals surface area contributed by atoms with Gasteiger partial charge in [-0.1, -0.05) is 6.92 Å². The molecular formula is C21H21F2NO5S. The molecule has 2 aromatic rings. The molecule has 6 nitrogen and oxygen atoms in total. The van der Waals surface area contributed by atoms with Gasteiger partial charge >= 0.3 is 11.9 Å². The third-order valence-electron chi connectivity index (χ3n) is 4.68. The smallest absolute Gasteiger partial charge is 0.341 e. The minimum absolute atomic E-state index is 0.203. The number of hydrogen-bond donors (Lipinski definition) is 1. The van der Waals surface area contributed by atoms with Crippen molar-refractivity contribution in [3.63, 3.8) is 0 Å². The van der Waals surface area contributed by atoms with Gasteiger partial charge in [-0.25, -0.2) is 18.4 Å². The van der Waals surface area contributed by atoms with Gasteiger partial charge in [0.15, 0.2) is 6.61 Å². The standard InChI is InChI=1S/C21H21F2NO5S/c1-3-28-21(27)18-15-5-4-11(2)6-16(15)30-19(18)24-17(25)10-29-20(26)12-7-13(22)9-14(23)8-12/h7-9,11H,3-6,10H2,1-2H3,(H,24,25). The first-order valence-corrected chi connectivity index (χ1v) is 10.3. The molecule has 0 radical (unpaired) electrons. The van der Waals surface area contributed by atoms with E-state index in [9.17, 15) is 23.2 Å². The van der Waals surface area contributed by atoms with Crippen molar-refractivity contribution in [2.45, 2.75) is 33.1 Å². The van der Waals surface area contributed by atoms with Crippen LogP contribution in [0.3, 0.4) is 0 Å². The summed E-state index contributed by atoms with van der Waals surface area (Å²) in [5.74, 6) is -3.59. The van der Waals surface area contributed by atoms with E-state index in [1.54, 1.807) is 6.92 Å². The van der Waals surface area contributed by atoms with Gasteiger partial charge in [-0.05, 0) is 49.8 Å². The Labute approximate surface area is 176 Å². The Morgan fingerprint density at radius 2 is 1.83 bits per heavy atom. The molecule has 0 spiro atoms. The molecule has 0 saturated carbocycles. The third kappa shape index (κ3) is 5.02. The number of rotatable bonds is 6. The van der Waals surface area contributed by atoms with Crippen LogP contribution in [0.25, 0.3) is 0 Å². The van der Waals surface area contributed by atoms with Crippen molar-refractivity contribution in [3.05, 3.63) is 51.4 Å². The zero-order chi connectivity index (χ0) is 21.8. The van der Waals surface area contributed by atoms with E-state index in [1.165, 1.54) is 11.3 Å². The topological polar surface area (TPSA) is 81.7 Å². The fraction of sp³-hybridized carbons (Fsp3) is 0.381. The van der Waals surface area contributed by atoms with E-state index in [0.29, 0.717) is 22.5 Å². The average Bonchev–Trinajstić information content (AvgIpc) is 3.02. The zero-order valence-electron chi connectivity index (χ0n) is 16.6. The SMILES string of the molecule is CCOC(=O)c1c(NC(=O)COC(=O)c2cc(F)cc(F)c2)sc2c1CCC(C)C2. The Balaban J connectivity index is 1.71. The van der Waals surface area contributed by atoms with E-state index in [1.807, 2.05) is 0 Å². The summed E-state index contributed by atoms with van der Waals surface area (Å²) in [4.78, 5) is 37.7. The van der Waals surface area contributed by atoms with Crippen LogP contribution in [-0.4, -0.2) is 31.1 Å². The fourth-order valence-corrected chi connectivity index (χ4v) is 4.72. The number of hydrogen-bond acceptors (Lipinski definition) is 6. The second-order valence-corrected chi connectivity index (χ2v) is 8.16. The van der Waals surface area contributed by atoms with Gasteiger partial charge < -0.3 is 14.8 Å². The monoisotopic (exact) mass is 437 g/mol. The van der Waals surface area contributed by atoms with Crippen LogP contribution in [0, 0.1) is 17.6 Å². The maximum atomic E-state index is 13.2. The molecule has 1 amide bonds. The van der Waals surface area contributed by atoms with Crippen LogP contribution in [0.15, 0.2) is 18.2 Å². The first-order chi connectivity index (χ1) is 14.3. The number of carbonyl (C=O) groups excluding carboxylic acids is 3. The Morgan fingerprint density at radius 3 is 2.50 bits per heavy atom. The minimum Gasteiger partial charge on any atom is -0.462 e. The lowest BCUT2D eigenvalue weighted by molar-refractivity contribution is -0.119. The van der Waals surface area contributed by atoms with Crippen molar-refractivity contribution in [1.29, 1.82) is 0 Å². The van der Waals surface area contributed by atoms with Crippen molar-refractivity contribution >= 4 is 34.2 Å². The van der Waals surface area contributed by atoms with Crippen molar-refractivity contribution in [2.24, 2.45) is 5.92 Å². The van der Waals surface area contributed by atoms with Gasteiger partial charge in [-0.2, -0.15) is 0 Å². The van der Waals surface area contributed by atoms with Gasteiger partial charge in [0.1, 0.15) is 16.6 Å². The van der Waals surface area contributed by atoms with Crippen LogP contribution >= 0.6 is 11.3 Å². The largest absolute Gasteiger partial charge is 0.462 e. The average molecular weight is 437 g/mol. The molecule has 1 aliphatic carbocycles. The van der Waals surface area contributed by atoms with Gasteiger partial charge in [0.25, 0.3) is 5.91 Å². The quantitative estimate of drug-likeness (QED) is 0.688. The number of benzene rings is 1. The molecule has 0 fully saturated rings. The number of anilines is 1. The van der Waals surface area contributed by atoms with Crippen molar-refractivity contribution in [2.75, 3.05) is 18.5 Å². The first kappa shape index (κ1) is 21.9. The van der Waals surface area contributed by atoms with E-state index in [0.717, 1.165) is 41.8 Å². The van der Waals surface area contributed by atoms with Gasteiger partial charge in [0.2, 0.25) is 0 Å². The second-order valence-electron chi connectivity index (χ2n) is 7.06. The molecule has 1 aromatic carbocycles. The van der Waals surface area contributed by atoms with Crippen LogP contribution in [0.5, 0.6) is 0 Å². The Kier molecular flexibility index (Phi) is 6.81. The molecule has 0 aliphatic heterocycles. The van der Waals surface area contributed by atoms with E-state index in [-0.39, 0.29) is 12.2 Å². The molecule has 1 N–H and O–H groups in total. The lowest BCUT2D eigenvalue weighted by Crippen LogP contribution is -2.22. The maximum Gasteiger partial charge on any atom is 0.341 e. The number of halogens is 2. The van der Waals surface area contributed by atoms with Crippen LogP contribution in [-0.2, 0) is 27.1 Å². The highest BCUT2D eigenvalue weighted by Crippen LogP contribution is 2.40. The first-order valence-electron chi connectivity index (χ1n) is 9.53. The summed E-state index contributed by atoms with van der Waals surface area (Å²) in [6.07, 6.45) is 2.46. The molecule has 1 aromatic heterocycles. The predicted octanol–water partition coefficient (Wildman–Crippen LogP) is 4.12. The predicted molar refractivity (Wildman–Crippen MR) is 107 cm³/mol. The van der Waals surface area contributed by atoms with Crippen LogP contribution in [0.4, 0.5) is 13.8 Å². The Morgan fingerprint density at radius 1 is 1.13 bits per heavy atom. The normalized spacial score (nSPS) is 15.3. The molecule has 1 atom stereocenters. The van der Waals surface area contributed by atoms with Crippen LogP contribution in [0.1, 0.15) is 51.4 Å².